The number of hydrogen-bond donors (Lipinski definition) is 3. The highest BCUT2D eigenvalue weighted by Crippen LogP contribution is 1.42. The van der Waals surface area contributed by atoms with Crippen molar-refractivity contribution < 1.29 is 20.3 Å². The molecule has 0 aliphatic rings. The molecule has 0 aliphatic heterocycles. The fourth-order valence-electron chi connectivity index (χ4n) is 0. The number of carboxylic acid groups (broad SMARTS) is 1. The largest absolute Gasteiger partial charge is 0.481 e. The smallest absolute Gasteiger partial charge is 0.359 e. The van der Waals surface area contributed by atoms with Gasteiger partial charge in [-0.15, -0.1) is 0 Å². The number of aliphatic carboxylic acids is 1. The highest BCUT2D eigenvalue weighted by Gasteiger charge is 1.65. The summed E-state index contributed by atoms with van der Waals surface area (Å²) in [6, 6.07) is 0. The van der Waals surface area contributed by atoms with E-state index in [0.29, 0.717) is 0 Å². The first-order chi connectivity index (χ1) is 3.46. The van der Waals surface area contributed by atoms with Gasteiger partial charge < -0.3 is 15.5 Å². The summed E-state index contributed by atoms with van der Waals surface area (Å²) < 4.78 is -0.0833. The average molecular weight is 135 g/mol. The predicted octanol–water partition coefficient (Wildman–Crippen LogP) is -0.759. The minimum absolute atomic E-state index is 0.0833. The van der Waals surface area contributed by atoms with Crippen LogP contribution in [0.3, 0.4) is 0 Å². The fourth-order valence-corrected chi connectivity index (χ4v) is 0. The number of nitrogens with zero attached hydrogens (tertiary/aromatic N) is 1. The Morgan fingerprint density at radius 3 is 1.62 bits per heavy atom. The third-order valence-corrected chi connectivity index (χ3v) is 0. The molecule has 8 heavy (non-hydrogen) atoms. The maximum atomic E-state index is 9.00. The van der Waals surface area contributed by atoms with Gasteiger partial charge in [0.2, 0.25) is 0 Å². The molecule has 0 spiro atoms. The summed E-state index contributed by atoms with van der Waals surface area (Å²) in [5.74, 6) is -0.833. The molecular weight excluding hydrogens is 129 g/mol. The van der Waals surface area contributed by atoms with E-state index < -0.39 is 5.97 Å². The highest BCUT2D eigenvalue weighted by molar-refractivity contribution is 6.02. The van der Waals surface area contributed by atoms with Crippen LogP contribution in [-0.2, 0) is 4.79 Å². The standard InChI is InChI=1S/C2H4O2.Al.H2NO2/c1-2(3)4;;2-1-3/h1H3,(H,3,4);;2-3H/q;+1;-1. The molecule has 0 atom stereocenters. The van der Waals surface area contributed by atoms with Gasteiger partial charge in [0.1, 0.15) is 0 Å². The van der Waals surface area contributed by atoms with Gasteiger partial charge >= 0.3 is 16.5 Å². The first kappa shape index (κ1) is 10.8. The molecule has 0 aliphatic carbocycles. The van der Waals surface area contributed by atoms with Crippen molar-refractivity contribution in [2.45, 2.75) is 6.92 Å². The van der Waals surface area contributed by atoms with Crippen molar-refractivity contribution in [2.75, 3.05) is 0 Å². The Kier molecular flexibility index (Phi) is 9.28. The van der Waals surface area contributed by atoms with E-state index in [1.165, 1.54) is 0 Å². The Hall–Kier alpha value is -0.118. The minimum Gasteiger partial charge on any atom is -0.481 e. The Labute approximate surface area is 54.7 Å². The van der Waals surface area contributed by atoms with Crippen molar-refractivity contribution in [3.63, 3.8) is 0 Å². The lowest BCUT2D eigenvalue weighted by atomic mass is 10.9. The Morgan fingerprint density at radius 2 is 1.62 bits per heavy atom. The SMILES string of the molecule is CC(=O)O.O[N](O)[Al]. The lowest BCUT2D eigenvalue weighted by Gasteiger charge is -1.90. The second kappa shape index (κ2) is 6.88. The first-order valence-corrected chi connectivity index (χ1v) is 2.10. The monoisotopic (exact) mass is 135 g/mol. The average Bonchev–Trinajstić information content (AvgIpc) is 1.25. The van der Waals surface area contributed by atoms with Crippen LogP contribution in [0, 0.1) is 0 Å². The van der Waals surface area contributed by atoms with E-state index in [1.54, 1.807) is 16.5 Å². The molecule has 0 rings (SSSR count). The van der Waals surface area contributed by atoms with Crippen molar-refractivity contribution in [3.8, 4) is 0 Å². The Bertz CT molecular complexity index is 58.3. The zero-order valence-electron chi connectivity index (χ0n) is 4.27. The van der Waals surface area contributed by atoms with Gasteiger partial charge in [0.15, 0.2) is 0 Å². The summed E-state index contributed by atoms with van der Waals surface area (Å²) in [6.45, 7) is 1.08. The summed E-state index contributed by atoms with van der Waals surface area (Å²) in [5.41, 5.74) is 0. The molecule has 6 heteroatoms. The van der Waals surface area contributed by atoms with E-state index in [-0.39, 0.29) is 4.21 Å². The van der Waals surface area contributed by atoms with Gasteiger partial charge in [0.05, 0.1) is 0 Å². The second-order valence-corrected chi connectivity index (χ2v) is 1.30. The molecule has 0 fully saturated rings. The quantitative estimate of drug-likeness (QED) is 0.300. The van der Waals surface area contributed by atoms with Crippen LogP contribution in [0.2, 0.25) is 0 Å². The molecule has 5 nitrogen and oxygen atoms in total. The van der Waals surface area contributed by atoms with Crippen molar-refractivity contribution in [2.24, 2.45) is 0 Å². The molecule has 0 aromatic rings. The second-order valence-electron chi connectivity index (χ2n) is 0.839. The molecule has 2 radical (unpaired) electrons. The topological polar surface area (TPSA) is 81.0 Å². The maximum absolute atomic E-state index is 9.00. The van der Waals surface area contributed by atoms with Gasteiger partial charge in [-0.1, -0.05) is 0 Å². The molecule has 0 aromatic heterocycles. The van der Waals surface area contributed by atoms with Gasteiger partial charge in [-0.2, -0.15) is 0 Å². The van der Waals surface area contributed by atoms with E-state index in [0.717, 1.165) is 6.92 Å². The van der Waals surface area contributed by atoms with Crippen molar-refractivity contribution in [1.29, 1.82) is 0 Å². The zero-order valence-corrected chi connectivity index (χ0v) is 5.43. The number of carbonyl (C=O) groups is 1. The molecule has 3 N–H and O–H groups in total. The normalized spacial score (nSPS) is 7.50. The van der Waals surface area contributed by atoms with Crippen LogP contribution in [0.5, 0.6) is 0 Å². The molecule has 46 valence electrons. The molecule has 0 bridgehead atoms. The number of rotatable bonds is 0. The van der Waals surface area contributed by atoms with E-state index in [9.17, 15) is 0 Å². The Balaban J connectivity index is 0. The van der Waals surface area contributed by atoms with E-state index in [4.69, 9.17) is 20.3 Å². The zero-order chi connectivity index (χ0) is 7.15. The minimum atomic E-state index is -0.833. The highest BCUT2D eigenvalue weighted by atomic mass is 27.1. The molecule has 0 unspecified atom stereocenters. The molecule has 0 saturated carbocycles. The van der Waals surface area contributed by atoms with Gasteiger partial charge in [-0.3, -0.25) is 4.79 Å². The van der Waals surface area contributed by atoms with Crippen molar-refractivity contribution >= 4 is 22.5 Å². The summed E-state index contributed by atoms with van der Waals surface area (Å²) in [4.78, 5) is 9.00. The molecule has 0 amide bonds. The summed E-state index contributed by atoms with van der Waals surface area (Å²) >= 11 is 1.60. The van der Waals surface area contributed by atoms with E-state index >= 15 is 0 Å². The van der Waals surface area contributed by atoms with Gasteiger partial charge in [0.25, 0.3) is 5.97 Å². The van der Waals surface area contributed by atoms with Crippen LogP contribution >= 0.6 is 0 Å². The van der Waals surface area contributed by atoms with E-state index in [2.05, 4.69) is 0 Å². The lowest BCUT2D eigenvalue weighted by Crippen LogP contribution is -2.05. The molecule has 0 saturated heterocycles. The predicted molar refractivity (Wildman–Crippen MR) is 24.5 cm³/mol. The molecule has 0 heterocycles. The van der Waals surface area contributed by atoms with Crippen molar-refractivity contribution in [3.05, 3.63) is 0 Å². The lowest BCUT2D eigenvalue weighted by molar-refractivity contribution is -0.228. The third-order valence-electron chi connectivity index (χ3n) is 0. The molecule has 0 aromatic carbocycles. The maximum Gasteiger partial charge on any atom is 0.359 e. The van der Waals surface area contributed by atoms with Crippen LogP contribution in [0.15, 0.2) is 0 Å². The van der Waals surface area contributed by atoms with Crippen LogP contribution < -0.4 is 0 Å². The summed E-state index contributed by atoms with van der Waals surface area (Å²) in [5, 5.41) is 22.2. The first-order valence-electron chi connectivity index (χ1n) is 1.59. The van der Waals surface area contributed by atoms with Gasteiger partial charge in [-0.25, -0.2) is 4.21 Å². The van der Waals surface area contributed by atoms with Crippen LogP contribution in [0.1, 0.15) is 6.92 Å². The number of carboxylic acids is 1. The van der Waals surface area contributed by atoms with Gasteiger partial charge in [0, 0.05) is 6.92 Å². The third kappa shape index (κ3) is 10200. The van der Waals surface area contributed by atoms with Crippen molar-refractivity contribution in [1.82, 2.24) is 4.21 Å². The van der Waals surface area contributed by atoms with Crippen LogP contribution in [0.4, 0.5) is 0 Å². The molecular formula is C2H6AlNO4. The van der Waals surface area contributed by atoms with E-state index in [1.807, 2.05) is 0 Å². The Morgan fingerprint density at radius 1 is 1.62 bits per heavy atom. The fraction of sp³-hybridized carbons (Fsp3) is 0.500. The summed E-state index contributed by atoms with van der Waals surface area (Å²) in [6.07, 6.45) is 0. The van der Waals surface area contributed by atoms with Crippen LogP contribution in [-0.4, -0.2) is 42.2 Å². The summed E-state index contributed by atoms with van der Waals surface area (Å²) in [7, 11) is 0. The van der Waals surface area contributed by atoms with Gasteiger partial charge in [-0.05, 0) is 0 Å². The van der Waals surface area contributed by atoms with Crippen LogP contribution in [0.25, 0.3) is 0 Å². The number of hydrogen-bond acceptors (Lipinski definition) is 4.